The average molecular weight is 476 g/mol. The predicted molar refractivity (Wildman–Crippen MR) is 134 cm³/mol. The fraction of sp³-hybridized carbons (Fsp3) is 0.269. The lowest BCUT2D eigenvalue weighted by atomic mass is 10.0. The second kappa shape index (κ2) is 9.30. The van der Waals surface area contributed by atoms with Crippen molar-refractivity contribution in [3.05, 3.63) is 91.9 Å². The molecule has 0 aliphatic carbocycles. The largest absolute Gasteiger partial charge is 0.494 e. The summed E-state index contributed by atoms with van der Waals surface area (Å²) in [6.45, 7) is 3.02. The first-order chi connectivity index (χ1) is 16.6. The molecule has 34 heavy (non-hydrogen) atoms. The van der Waals surface area contributed by atoms with E-state index < -0.39 is 5.69 Å². The number of hydrogen-bond donors (Lipinski definition) is 0. The van der Waals surface area contributed by atoms with Crippen LogP contribution in [0.25, 0.3) is 10.2 Å². The minimum Gasteiger partial charge on any atom is -0.494 e. The molecule has 0 atom stereocenters. The predicted octanol–water partition coefficient (Wildman–Crippen LogP) is 3.65. The van der Waals surface area contributed by atoms with Crippen LogP contribution in [0.2, 0.25) is 0 Å². The molecular formula is C26H25N3O4S. The molecule has 2 aromatic heterocycles. The zero-order valence-corrected chi connectivity index (χ0v) is 19.7. The molecule has 0 radical (unpaired) electrons. The maximum absolute atomic E-state index is 13.5. The van der Waals surface area contributed by atoms with Crippen LogP contribution in [0.1, 0.15) is 24.5 Å². The van der Waals surface area contributed by atoms with Gasteiger partial charge in [-0.15, -0.1) is 11.3 Å². The summed E-state index contributed by atoms with van der Waals surface area (Å²) in [5.41, 5.74) is 2.48. The second-order valence-electron chi connectivity index (χ2n) is 8.25. The summed E-state index contributed by atoms with van der Waals surface area (Å²) in [4.78, 5) is 41.8. The van der Waals surface area contributed by atoms with Gasteiger partial charge in [0.1, 0.15) is 17.0 Å². The molecule has 0 spiro atoms. The summed E-state index contributed by atoms with van der Waals surface area (Å²) in [6.07, 6.45) is 1.81. The van der Waals surface area contributed by atoms with Gasteiger partial charge >= 0.3 is 5.69 Å². The van der Waals surface area contributed by atoms with E-state index in [9.17, 15) is 14.4 Å². The summed E-state index contributed by atoms with van der Waals surface area (Å²) in [5.74, 6) is 0.523. The lowest BCUT2D eigenvalue weighted by molar-refractivity contribution is -0.119. The first kappa shape index (κ1) is 22.2. The molecule has 1 aliphatic heterocycles. The van der Waals surface area contributed by atoms with E-state index in [1.54, 1.807) is 16.3 Å². The Hall–Kier alpha value is -3.65. The fourth-order valence-corrected chi connectivity index (χ4v) is 5.36. The van der Waals surface area contributed by atoms with Gasteiger partial charge in [0.15, 0.2) is 0 Å². The highest BCUT2D eigenvalue weighted by Crippen LogP contribution is 2.27. The molecule has 2 aromatic carbocycles. The first-order valence-corrected chi connectivity index (χ1v) is 12.3. The van der Waals surface area contributed by atoms with E-state index in [0.717, 1.165) is 29.7 Å². The number of aromatic nitrogens is 2. The molecule has 5 rings (SSSR count). The summed E-state index contributed by atoms with van der Waals surface area (Å²) in [5, 5.41) is 1.78. The van der Waals surface area contributed by atoms with Gasteiger partial charge in [0.2, 0.25) is 5.91 Å². The third-order valence-electron chi connectivity index (χ3n) is 6.09. The van der Waals surface area contributed by atoms with Gasteiger partial charge in [0.05, 0.1) is 18.7 Å². The molecule has 8 heteroatoms. The van der Waals surface area contributed by atoms with Gasteiger partial charge in [-0.05, 0) is 60.5 Å². The number of carbonyl (C=O) groups excluding carboxylic acids is 1. The zero-order valence-electron chi connectivity index (χ0n) is 18.9. The van der Waals surface area contributed by atoms with Gasteiger partial charge in [0, 0.05) is 12.2 Å². The number of benzene rings is 2. The Bertz CT molecular complexity index is 1480. The molecule has 0 N–H and O–H groups in total. The van der Waals surface area contributed by atoms with Crippen LogP contribution in [-0.4, -0.2) is 28.2 Å². The van der Waals surface area contributed by atoms with E-state index in [2.05, 4.69) is 0 Å². The molecule has 1 amide bonds. The highest BCUT2D eigenvalue weighted by molar-refractivity contribution is 7.17. The van der Waals surface area contributed by atoms with Crippen LogP contribution < -0.4 is 20.9 Å². The lowest BCUT2D eigenvalue weighted by Gasteiger charge is -2.29. The van der Waals surface area contributed by atoms with E-state index >= 15 is 0 Å². The molecule has 0 saturated carbocycles. The number of anilines is 1. The van der Waals surface area contributed by atoms with E-state index in [0.29, 0.717) is 29.1 Å². The van der Waals surface area contributed by atoms with Crippen molar-refractivity contribution < 1.29 is 9.53 Å². The number of para-hydroxylation sites is 1. The zero-order chi connectivity index (χ0) is 23.7. The third kappa shape index (κ3) is 4.05. The van der Waals surface area contributed by atoms with Crippen LogP contribution in [0.15, 0.2) is 69.6 Å². The van der Waals surface area contributed by atoms with Crippen LogP contribution in [-0.2, 0) is 24.3 Å². The quantitative estimate of drug-likeness (QED) is 0.427. The number of fused-ring (bicyclic) bond motifs is 2. The summed E-state index contributed by atoms with van der Waals surface area (Å²) < 4.78 is 8.66. The fourth-order valence-electron chi connectivity index (χ4n) is 4.52. The first-order valence-electron chi connectivity index (χ1n) is 11.4. The molecule has 7 nitrogen and oxygen atoms in total. The highest BCUT2D eigenvalue weighted by Gasteiger charge is 2.24. The van der Waals surface area contributed by atoms with E-state index in [-0.39, 0.29) is 24.6 Å². The Morgan fingerprint density at radius 3 is 2.76 bits per heavy atom. The minimum atomic E-state index is -0.489. The molecule has 1 aliphatic rings. The van der Waals surface area contributed by atoms with Gasteiger partial charge in [0.25, 0.3) is 5.56 Å². The number of thiophene rings is 1. The van der Waals surface area contributed by atoms with Crippen molar-refractivity contribution in [2.75, 3.05) is 18.1 Å². The monoisotopic (exact) mass is 475 g/mol. The number of rotatable bonds is 6. The number of nitrogens with zero attached hydrogens (tertiary/aromatic N) is 3. The van der Waals surface area contributed by atoms with Crippen molar-refractivity contribution in [1.82, 2.24) is 9.13 Å². The van der Waals surface area contributed by atoms with Gasteiger partial charge < -0.3 is 9.64 Å². The Morgan fingerprint density at radius 1 is 1.06 bits per heavy atom. The molecule has 4 aromatic rings. The Kier molecular flexibility index (Phi) is 6.06. The van der Waals surface area contributed by atoms with Crippen molar-refractivity contribution in [3.8, 4) is 5.75 Å². The number of carbonyl (C=O) groups is 1. The van der Waals surface area contributed by atoms with Crippen LogP contribution >= 0.6 is 11.3 Å². The molecule has 0 saturated heterocycles. The normalized spacial score (nSPS) is 13.1. The molecule has 0 bridgehead atoms. The van der Waals surface area contributed by atoms with E-state index in [1.807, 2.05) is 55.5 Å². The van der Waals surface area contributed by atoms with Crippen LogP contribution in [0.3, 0.4) is 0 Å². The number of ether oxygens (including phenoxy) is 1. The number of aryl methyl sites for hydroxylation is 1. The maximum Gasteiger partial charge on any atom is 0.332 e. The number of amides is 1. The van der Waals surface area contributed by atoms with Gasteiger partial charge in [-0.25, -0.2) is 4.79 Å². The Labute approximate surface area is 200 Å². The SMILES string of the molecule is CCOc1cccc(Cn2c(=O)c3sccc3n(CC(=O)N3CCCc4ccccc43)c2=O)c1. The third-order valence-corrected chi connectivity index (χ3v) is 6.98. The summed E-state index contributed by atoms with van der Waals surface area (Å²) in [6, 6.07) is 17.0. The summed E-state index contributed by atoms with van der Waals surface area (Å²) in [7, 11) is 0. The Morgan fingerprint density at radius 2 is 1.91 bits per heavy atom. The Balaban J connectivity index is 1.53. The standard InChI is InChI=1S/C26H25N3O4S/c1-2-33-20-10-5-7-18(15-20)16-29-25(31)24-22(12-14-34-24)28(26(29)32)17-23(30)27-13-6-9-19-8-3-4-11-21(19)27/h3-5,7-8,10-12,14-15H,2,6,9,13,16-17H2,1H3. The van der Waals surface area contributed by atoms with Crippen LogP contribution in [0.5, 0.6) is 5.75 Å². The van der Waals surface area contributed by atoms with Gasteiger partial charge in [-0.1, -0.05) is 30.3 Å². The molecular weight excluding hydrogens is 450 g/mol. The smallest absolute Gasteiger partial charge is 0.332 e. The summed E-state index contributed by atoms with van der Waals surface area (Å²) >= 11 is 1.28. The van der Waals surface area contributed by atoms with Crippen LogP contribution in [0, 0.1) is 0 Å². The molecule has 0 fully saturated rings. The van der Waals surface area contributed by atoms with Gasteiger partial charge in [-0.2, -0.15) is 0 Å². The number of hydrogen-bond acceptors (Lipinski definition) is 5. The maximum atomic E-state index is 13.5. The lowest BCUT2D eigenvalue weighted by Crippen LogP contribution is -2.44. The topological polar surface area (TPSA) is 73.5 Å². The second-order valence-corrected chi connectivity index (χ2v) is 9.17. The van der Waals surface area contributed by atoms with Crippen molar-refractivity contribution in [1.29, 1.82) is 0 Å². The molecule has 3 heterocycles. The molecule has 174 valence electrons. The van der Waals surface area contributed by atoms with Crippen molar-refractivity contribution >= 4 is 33.1 Å². The van der Waals surface area contributed by atoms with Crippen molar-refractivity contribution in [2.45, 2.75) is 32.9 Å². The average Bonchev–Trinajstić information content (AvgIpc) is 3.34. The van der Waals surface area contributed by atoms with E-state index in [4.69, 9.17) is 4.74 Å². The van der Waals surface area contributed by atoms with Crippen molar-refractivity contribution in [3.63, 3.8) is 0 Å². The van der Waals surface area contributed by atoms with E-state index in [1.165, 1.54) is 20.5 Å². The van der Waals surface area contributed by atoms with Gasteiger partial charge in [-0.3, -0.25) is 18.7 Å². The van der Waals surface area contributed by atoms with Crippen molar-refractivity contribution in [2.24, 2.45) is 0 Å². The van der Waals surface area contributed by atoms with Crippen LogP contribution in [0.4, 0.5) is 5.69 Å². The highest BCUT2D eigenvalue weighted by atomic mass is 32.1. The molecule has 0 unspecified atom stereocenters. The minimum absolute atomic E-state index is 0.104.